The van der Waals surface area contributed by atoms with Gasteiger partial charge in [-0.2, -0.15) is 0 Å². The molecule has 6 heteroatoms. The third-order valence-corrected chi connectivity index (χ3v) is 5.15. The van der Waals surface area contributed by atoms with Crippen molar-refractivity contribution in [1.29, 1.82) is 0 Å². The second kappa shape index (κ2) is 10.3. The predicted molar refractivity (Wildman–Crippen MR) is 102 cm³/mol. The van der Waals surface area contributed by atoms with Gasteiger partial charge in [0.05, 0.1) is 21.3 Å². The fourth-order valence-electron chi connectivity index (χ4n) is 3.59. The minimum atomic E-state index is 0.113. The Balaban J connectivity index is 1.86. The fourth-order valence-corrected chi connectivity index (χ4v) is 3.59. The van der Waals surface area contributed by atoms with Crippen molar-refractivity contribution in [2.75, 3.05) is 41.0 Å². The lowest BCUT2D eigenvalue weighted by atomic mass is 9.85. The Hall–Kier alpha value is -1.95. The number of methoxy groups -OCH3 is 3. The number of carbonyl (C=O) groups excluding carboxylic acids is 1. The molecule has 0 bridgehead atoms. The van der Waals surface area contributed by atoms with E-state index in [4.69, 9.17) is 14.2 Å². The molecule has 1 fully saturated rings. The molecule has 2 unspecified atom stereocenters. The van der Waals surface area contributed by atoms with E-state index in [-0.39, 0.29) is 5.91 Å². The molecule has 0 aromatic heterocycles. The van der Waals surface area contributed by atoms with E-state index in [0.717, 1.165) is 18.7 Å². The molecule has 1 amide bonds. The smallest absolute Gasteiger partial charge is 0.220 e. The summed E-state index contributed by atoms with van der Waals surface area (Å²) in [6.45, 7) is 4.87. The van der Waals surface area contributed by atoms with Crippen LogP contribution < -0.4 is 24.8 Å². The third-order valence-electron chi connectivity index (χ3n) is 5.15. The van der Waals surface area contributed by atoms with Crippen LogP contribution in [0.1, 0.15) is 31.7 Å². The molecule has 1 aromatic rings. The number of amides is 1. The normalized spacial score (nSPS) is 18.1. The number of ether oxygens (including phenoxy) is 3. The first-order chi connectivity index (χ1) is 12.6. The lowest BCUT2D eigenvalue weighted by Gasteiger charge is -2.28. The highest BCUT2D eigenvalue weighted by Gasteiger charge is 2.22. The molecule has 1 aromatic carbocycles. The first-order valence-electron chi connectivity index (χ1n) is 9.36. The van der Waals surface area contributed by atoms with Crippen LogP contribution >= 0.6 is 0 Å². The Labute approximate surface area is 156 Å². The van der Waals surface area contributed by atoms with Crippen molar-refractivity contribution in [2.45, 2.75) is 32.6 Å². The average Bonchev–Trinajstić information content (AvgIpc) is 2.67. The maximum Gasteiger partial charge on any atom is 0.220 e. The quantitative estimate of drug-likeness (QED) is 0.704. The van der Waals surface area contributed by atoms with Gasteiger partial charge in [-0.1, -0.05) is 13.0 Å². The molecule has 1 aliphatic rings. The van der Waals surface area contributed by atoms with Gasteiger partial charge in [-0.25, -0.2) is 0 Å². The summed E-state index contributed by atoms with van der Waals surface area (Å²) in [4.78, 5) is 12.3. The molecule has 2 N–H and O–H groups in total. The molecule has 1 aliphatic heterocycles. The predicted octanol–water partition coefficient (Wildman–Crippen LogP) is 2.40. The first-order valence-corrected chi connectivity index (χ1v) is 9.36. The SMILES string of the molecule is COc1ccc(CCNC(=O)CC(C)C2CCCNC2)c(OC)c1OC. The number of benzene rings is 1. The summed E-state index contributed by atoms with van der Waals surface area (Å²) in [5, 5.41) is 6.45. The van der Waals surface area contributed by atoms with E-state index < -0.39 is 0 Å². The van der Waals surface area contributed by atoms with Gasteiger partial charge in [-0.05, 0) is 50.3 Å². The van der Waals surface area contributed by atoms with Gasteiger partial charge in [0.2, 0.25) is 11.7 Å². The van der Waals surface area contributed by atoms with Crippen LogP contribution in [-0.2, 0) is 11.2 Å². The highest BCUT2D eigenvalue weighted by molar-refractivity contribution is 5.76. The van der Waals surface area contributed by atoms with Gasteiger partial charge >= 0.3 is 0 Å². The molecule has 0 spiro atoms. The molecule has 26 heavy (non-hydrogen) atoms. The van der Waals surface area contributed by atoms with Crippen molar-refractivity contribution in [3.63, 3.8) is 0 Å². The van der Waals surface area contributed by atoms with Crippen molar-refractivity contribution in [3.05, 3.63) is 17.7 Å². The van der Waals surface area contributed by atoms with Gasteiger partial charge in [0.15, 0.2) is 11.5 Å². The third kappa shape index (κ3) is 5.27. The van der Waals surface area contributed by atoms with E-state index in [1.807, 2.05) is 12.1 Å². The summed E-state index contributed by atoms with van der Waals surface area (Å²) in [7, 11) is 4.80. The van der Waals surface area contributed by atoms with E-state index in [2.05, 4.69) is 17.6 Å². The average molecular weight is 364 g/mol. The van der Waals surface area contributed by atoms with Gasteiger partial charge in [0, 0.05) is 18.5 Å². The Morgan fingerprint density at radius 2 is 2.00 bits per heavy atom. The summed E-state index contributed by atoms with van der Waals surface area (Å²) in [5.41, 5.74) is 0.981. The molecule has 6 nitrogen and oxygen atoms in total. The van der Waals surface area contributed by atoms with Crippen molar-refractivity contribution in [1.82, 2.24) is 10.6 Å². The lowest BCUT2D eigenvalue weighted by molar-refractivity contribution is -0.122. The Kier molecular flexibility index (Phi) is 8.04. The number of rotatable bonds is 9. The summed E-state index contributed by atoms with van der Waals surface area (Å²) < 4.78 is 16.2. The standard InChI is InChI=1S/C20H32N2O4/c1-14(16-6-5-10-21-13-16)12-18(23)22-11-9-15-7-8-17(24-2)20(26-4)19(15)25-3/h7-8,14,16,21H,5-6,9-13H2,1-4H3,(H,22,23). The molecule has 146 valence electrons. The monoisotopic (exact) mass is 364 g/mol. The second-order valence-electron chi connectivity index (χ2n) is 6.88. The minimum Gasteiger partial charge on any atom is -0.493 e. The topological polar surface area (TPSA) is 68.8 Å². The number of piperidine rings is 1. The van der Waals surface area contributed by atoms with Crippen LogP contribution in [-0.4, -0.2) is 46.9 Å². The first kappa shape index (κ1) is 20.4. The number of carbonyl (C=O) groups is 1. The van der Waals surface area contributed by atoms with E-state index >= 15 is 0 Å². The molecular formula is C20H32N2O4. The van der Waals surface area contributed by atoms with Crippen LogP contribution in [0.3, 0.4) is 0 Å². The van der Waals surface area contributed by atoms with Crippen LogP contribution in [0.25, 0.3) is 0 Å². The molecule has 2 atom stereocenters. The van der Waals surface area contributed by atoms with Crippen molar-refractivity contribution in [2.24, 2.45) is 11.8 Å². The molecule has 0 saturated carbocycles. The Morgan fingerprint density at radius 1 is 1.23 bits per heavy atom. The summed E-state index contributed by atoms with van der Waals surface area (Å²) in [6, 6.07) is 3.80. The van der Waals surface area contributed by atoms with Crippen LogP contribution in [0.4, 0.5) is 0 Å². The zero-order valence-electron chi connectivity index (χ0n) is 16.4. The number of hydrogen-bond donors (Lipinski definition) is 2. The van der Waals surface area contributed by atoms with Gasteiger partial charge in [0.1, 0.15) is 0 Å². The number of nitrogens with one attached hydrogen (secondary N) is 2. The molecule has 0 aliphatic carbocycles. The molecule has 0 radical (unpaired) electrons. The van der Waals surface area contributed by atoms with E-state index in [1.54, 1.807) is 21.3 Å². The van der Waals surface area contributed by atoms with Gasteiger partial charge in [0.25, 0.3) is 0 Å². The van der Waals surface area contributed by atoms with Gasteiger partial charge in [-0.3, -0.25) is 4.79 Å². The Morgan fingerprint density at radius 3 is 2.62 bits per heavy atom. The highest BCUT2D eigenvalue weighted by Crippen LogP contribution is 2.39. The van der Waals surface area contributed by atoms with Crippen LogP contribution in [0.5, 0.6) is 17.2 Å². The molecule has 1 saturated heterocycles. The number of hydrogen-bond acceptors (Lipinski definition) is 5. The van der Waals surface area contributed by atoms with Crippen molar-refractivity contribution >= 4 is 5.91 Å². The summed E-state index contributed by atoms with van der Waals surface area (Å²) in [6.07, 6.45) is 3.67. The maximum atomic E-state index is 12.3. The molecular weight excluding hydrogens is 332 g/mol. The minimum absolute atomic E-state index is 0.113. The van der Waals surface area contributed by atoms with Crippen molar-refractivity contribution < 1.29 is 19.0 Å². The second-order valence-corrected chi connectivity index (χ2v) is 6.88. The van der Waals surface area contributed by atoms with Crippen molar-refractivity contribution in [3.8, 4) is 17.2 Å². The van der Waals surface area contributed by atoms with Gasteiger partial charge in [-0.15, -0.1) is 0 Å². The molecule has 1 heterocycles. The maximum absolute atomic E-state index is 12.3. The van der Waals surface area contributed by atoms with E-state index in [1.165, 1.54) is 12.8 Å². The zero-order chi connectivity index (χ0) is 18.9. The molecule has 2 rings (SSSR count). The highest BCUT2D eigenvalue weighted by atomic mass is 16.5. The summed E-state index contributed by atoms with van der Waals surface area (Å²) in [5.74, 6) is 2.98. The zero-order valence-corrected chi connectivity index (χ0v) is 16.4. The summed E-state index contributed by atoms with van der Waals surface area (Å²) >= 11 is 0. The lowest BCUT2D eigenvalue weighted by Crippen LogP contribution is -2.36. The van der Waals surface area contributed by atoms with E-state index in [0.29, 0.717) is 48.5 Å². The van der Waals surface area contributed by atoms with E-state index in [9.17, 15) is 4.79 Å². The van der Waals surface area contributed by atoms with Crippen LogP contribution in [0.2, 0.25) is 0 Å². The fraction of sp³-hybridized carbons (Fsp3) is 0.650. The van der Waals surface area contributed by atoms with Gasteiger partial charge < -0.3 is 24.8 Å². The Bertz CT molecular complexity index is 585. The van der Waals surface area contributed by atoms with Crippen LogP contribution in [0, 0.1) is 11.8 Å². The largest absolute Gasteiger partial charge is 0.493 e. The van der Waals surface area contributed by atoms with Crippen LogP contribution in [0.15, 0.2) is 12.1 Å².